The molecule has 0 fully saturated rings. The molecule has 1 aromatic heterocycles. The van der Waals surface area contributed by atoms with Crippen LogP contribution in [0, 0.1) is 11.8 Å². The summed E-state index contributed by atoms with van der Waals surface area (Å²) in [6, 6.07) is 5.88. The number of allylic oxidation sites excluding steroid dienone is 2. The molecule has 0 aliphatic heterocycles. The Morgan fingerprint density at radius 1 is 0.828 bits per heavy atom. The van der Waals surface area contributed by atoms with E-state index in [2.05, 4.69) is 31.6 Å². The number of alkyl carbamates (subject to hydrolysis) is 1. The van der Waals surface area contributed by atoms with Crippen molar-refractivity contribution in [1.82, 2.24) is 30.9 Å². The Balaban J connectivity index is 1.14. The molecular weight excluding hydrogens is 754 g/mol. The van der Waals surface area contributed by atoms with E-state index in [4.69, 9.17) is 23.7 Å². The van der Waals surface area contributed by atoms with E-state index in [1.165, 1.54) is 12.2 Å². The number of aryl methyl sites for hydroxylation is 1. The molecule has 320 valence electrons. The van der Waals surface area contributed by atoms with Crippen LogP contribution < -0.4 is 21.3 Å². The smallest absolute Gasteiger partial charge is 0.407 e. The van der Waals surface area contributed by atoms with Gasteiger partial charge in [-0.2, -0.15) is 0 Å². The summed E-state index contributed by atoms with van der Waals surface area (Å²) in [6.45, 7) is 10.2. The average molecular weight is 814 g/mol. The first-order chi connectivity index (χ1) is 27.9. The molecule has 58 heavy (non-hydrogen) atoms. The van der Waals surface area contributed by atoms with Crippen LogP contribution >= 0.6 is 0 Å². The maximum Gasteiger partial charge on any atom is 0.407 e. The van der Waals surface area contributed by atoms with E-state index in [0.717, 1.165) is 12.0 Å². The summed E-state index contributed by atoms with van der Waals surface area (Å²) >= 11 is 0. The normalized spacial score (nSPS) is 15.1. The van der Waals surface area contributed by atoms with Gasteiger partial charge >= 0.3 is 6.09 Å². The van der Waals surface area contributed by atoms with Crippen molar-refractivity contribution in [2.75, 3.05) is 64.8 Å². The fraction of sp³-hybridized carbons (Fsp3) is 0.600. The maximum atomic E-state index is 12.9. The largest absolute Gasteiger partial charge is 0.447 e. The average Bonchev–Trinajstić information content (AvgIpc) is 3.60. The van der Waals surface area contributed by atoms with E-state index in [9.17, 15) is 28.8 Å². The molecule has 0 radical (unpaired) electrons. The van der Waals surface area contributed by atoms with Gasteiger partial charge < -0.3 is 45.0 Å². The van der Waals surface area contributed by atoms with Crippen LogP contribution in [0.4, 0.5) is 10.5 Å². The fourth-order valence-electron chi connectivity index (χ4n) is 5.49. The van der Waals surface area contributed by atoms with Gasteiger partial charge in [-0.15, -0.1) is 5.10 Å². The second kappa shape index (κ2) is 26.8. The van der Waals surface area contributed by atoms with Gasteiger partial charge in [-0.1, -0.05) is 38.1 Å². The number of hydrogen-bond donors (Lipinski definition) is 4. The van der Waals surface area contributed by atoms with Gasteiger partial charge in [-0.3, -0.25) is 24.0 Å². The van der Waals surface area contributed by atoms with Crippen LogP contribution in [-0.2, 0) is 67.2 Å². The Bertz CT molecular complexity index is 1630. The van der Waals surface area contributed by atoms with E-state index in [1.54, 1.807) is 17.8 Å². The lowest BCUT2D eigenvalue weighted by atomic mass is 9.96. The van der Waals surface area contributed by atoms with Crippen molar-refractivity contribution < 1.29 is 52.5 Å². The lowest BCUT2D eigenvalue weighted by molar-refractivity contribution is -0.132. The minimum Gasteiger partial charge on any atom is -0.447 e. The van der Waals surface area contributed by atoms with Crippen molar-refractivity contribution in [2.45, 2.75) is 85.0 Å². The molecule has 1 aliphatic carbocycles. The zero-order valence-corrected chi connectivity index (χ0v) is 34.0. The highest BCUT2D eigenvalue weighted by molar-refractivity contribution is 6.01. The molecule has 4 amide bonds. The summed E-state index contributed by atoms with van der Waals surface area (Å²) in [7, 11) is 0. The second-order valence-electron chi connectivity index (χ2n) is 13.9. The number of anilines is 1. The molecule has 0 spiro atoms. The Kier molecular flexibility index (Phi) is 21.9. The summed E-state index contributed by atoms with van der Waals surface area (Å²) in [5.41, 5.74) is 2.33. The monoisotopic (exact) mass is 813 g/mol. The zero-order valence-electron chi connectivity index (χ0n) is 34.0. The quantitative estimate of drug-likeness (QED) is 0.0952. The standard InChI is InChI=1S/C40H59N7O11/c1-5-30-6-9-32(10-7-30)43-38(51)29(4)42-39(52)37(28(2)3)44-36(50)15-18-55-20-22-57-23-21-56-19-16-47-27-33(45-46-47)26-41-40(53)58-25-24-54-17-14-31-8-11-34(48)12-13-35(31)49/h6-7,9-10,12-13,27-29,31,37H,5,8,11,14-26H2,1-4H3,(H,41,53)(H,42,52)(H,43,51)(H,44,50)/t29-,31?,37-/m0/s1. The van der Waals surface area contributed by atoms with E-state index in [1.807, 2.05) is 45.0 Å². The number of nitrogens with zero attached hydrogens (tertiary/aromatic N) is 3. The number of ketones is 2. The number of hydrogen-bond acceptors (Lipinski definition) is 13. The van der Waals surface area contributed by atoms with Gasteiger partial charge in [-0.25, -0.2) is 9.48 Å². The summed E-state index contributed by atoms with van der Waals surface area (Å²) < 4.78 is 28.7. The van der Waals surface area contributed by atoms with Crippen LogP contribution in [0.15, 0.2) is 42.6 Å². The number of rotatable bonds is 27. The van der Waals surface area contributed by atoms with Crippen molar-refractivity contribution in [2.24, 2.45) is 11.8 Å². The first-order valence-corrected chi connectivity index (χ1v) is 19.8. The SMILES string of the molecule is CCc1ccc(NC(=O)[C@H](C)NC(=O)[C@@H](NC(=O)CCOCCOCCOCCn2cc(CNC(=O)OCCOCCC3CCC(=O)C=CC3=O)nn2)C(C)C)cc1. The first kappa shape index (κ1) is 47.3. The van der Waals surface area contributed by atoms with E-state index in [-0.39, 0.29) is 74.6 Å². The predicted octanol–water partition coefficient (Wildman–Crippen LogP) is 2.30. The minimum absolute atomic E-state index is 0.0431. The number of aromatic nitrogens is 3. The lowest BCUT2D eigenvalue weighted by Gasteiger charge is -2.24. The van der Waals surface area contributed by atoms with E-state index in [0.29, 0.717) is 70.2 Å². The number of benzene rings is 1. The molecule has 0 saturated heterocycles. The first-order valence-electron chi connectivity index (χ1n) is 19.8. The highest BCUT2D eigenvalue weighted by atomic mass is 16.6. The molecule has 1 heterocycles. The van der Waals surface area contributed by atoms with Gasteiger partial charge in [-0.05, 0) is 62.0 Å². The molecule has 1 unspecified atom stereocenters. The van der Waals surface area contributed by atoms with Gasteiger partial charge in [0.05, 0.1) is 65.5 Å². The topological polar surface area (TPSA) is 227 Å². The predicted molar refractivity (Wildman–Crippen MR) is 211 cm³/mol. The molecule has 18 nitrogen and oxygen atoms in total. The summed E-state index contributed by atoms with van der Waals surface area (Å²) in [5, 5.41) is 18.9. The second-order valence-corrected chi connectivity index (χ2v) is 13.9. The number of carbonyl (C=O) groups excluding carboxylic acids is 6. The third-order valence-electron chi connectivity index (χ3n) is 8.98. The molecule has 0 saturated carbocycles. The number of carbonyl (C=O) groups is 6. The van der Waals surface area contributed by atoms with Crippen LogP contribution in [-0.4, -0.2) is 122 Å². The van der Waals surface area contributed by atoms with Crippen LogP contribution in [0.2, 0.25) is 0 Å². The summed E-state index contributed by atoms with van der Waals surface area (Å²) in [6.07, 6.45) is 6.05. The van der Waals surface area contributed by atoms with Crippen LogP contribution in [0.5, 0.6) is 0 Å². The highest BCUT2D eigenvalue weighted by Crippen LogP contribution is 2.17. The number of nitrogens with one attached hydrogen (secondary N) is 4. The zero-order chi connectivity index (χ0) is 42.1. The van der Waals surface area contributed by atoms with Crippen molar-refractivity contribution in [1.29, 1.82) is 0 Å². The Morgan fingerprint density at radius 3 is 2.21 bits per heavy atom. The third kappa shape index (κ3) is 18.9. The summed E-state index contributed by atoms with van der Waals surface area (Å²) in [4.78, 5) is 73.5. The molecule has 1 aromatic carbocycles. The van der Waals surface area contributed by atoms with Crippen molar-refractivity contribution >= 4 is 41.1 Å². The molecule has 1 aliphatic rings. The molecular formula is C40H59N7O11. The van der Waals surface area contributed by atoms with Crippen molar-refractivity contribution in [3.63, 3.8) is 0 Å². The fourth-order valence-corrected chi connectivity index (χ4v) is 5.49. The van der Waals surface area contributed by atoms with Gasteiger partial charge in [0.1, 0.15) is 24.4 Å². The van der Waals surface area contributed by atoms with Gasteiger partial charge in [0.2, 0.25) is 17.7 Å². The molecule has 3 rings (SSSR count). The van der Waals surface area contributed by atoms with Crippen LogP contribution in [0.25, 0.3) is 0 Å². The van der Waals surface area contributed by atoms with E-state index < -0.39 is 24.1 Å². The van der Waals surface area contributed by atoms with Gasteiger partial charge in [0.25, 0.3) is 0 Å². The van der Waals surface area contributed by atoms with Gasteiger partial charge in [0, 0.05) is 31.1 Å². The third-order valence-corrected chi connectivity index (χ3v) is 8.98. The lowest BCUT2D eigenvalue weighted by Crippen LogP contribution is -2.53. The highest BCUT2D eigenvalue weighted by Gasteiger charge is 2.27. The minimum atomic E-state index is -0.815. The van der Waals surface area contributed by atoms with E-state index >= 15 is 0 Å². The Morgan fingerprint density at radius 2 is 1.50 bits per heavy atom. The number of ether oxygens (including phenoxy) is 5. The maximum absolute atomic E-state index is 12.9. The molecule has 0 bridgehead atoms. The molecule has 3 atom stereocenters. The molecule has 18 heteroatoms. The van der Waals surface area contributed by atoms with Crippen molar-refractivity contribution in [3.8, 4) is 0 Å². The van der Waals surface area contributed by atoms with Crippen molar-refractivity contribution in [3.05, 3.63) is 53.9 Å². The van der Waals surface area contributed by atoms with Crippen LogP contribution in [0.3, 0.4) is 0 Å². The van der Waals surface area contributed by atoms with Gasteiger partial charge in [0.15, 0.2) is 11.6 Å². The Labute approximate surface area is 339 Å². The Hall–Kier alpha value is -5.04. The molecule has 4 N–H and O–H groups in total. The summed E-state index contributed by atoms with van der Waals surface area (Å²) in [5.74, 6) is -1.70. The van der Waals surface area contributed by atoms with Crippen LogP contribution in [0.1, 0.15) is 64.6 Å². The number of amides is 4. The molecule has 2 aromatic rings.